The molecule has 18 heavy (non-hydrogen) atoms. The lowest BCUT2D eigenvalue weighted by atomic mass is 10.3. The molecule has 3 nitrogen and oxygen atoms in total. The van der Waals surface area contributed by atoms with E-state index >= 15 is 0 Å². The number of hydrogen-bond acceptors (Lipinski definition) is 3. The van der Waals surface area contributed by atoms with Crippen molar-refractivity contribution < 1.29 is 9.84 Å². The van der Waals surface area contributed by atoms with Crippen LogP contribution in [0.4, 0.5) is 0 Å². The summed E-state index contributed by atoms with van der Waals surface area (Å²) in [6, 6.07) is 5.47. The number of hydrogen-bond donors (Lipinski definition) is 1. The van der Waals surface area contributed by atoms with E-state index in [0.29, 0.717) is 18.2 Å². The molecule has 0 aliphatic carbocycles. The fraction of sp³-hybridized carbons (Fsp3) is 0.538. The molecule has 0 spiro atoms. The monoisotopic (exact) mass is 335 g/mol. The summed E-state index contributed by atoms with van der Waals surface area (Å²) in [5.74, 6) is 0.792. The van der Waals surface area contributed by atoms with Gasteiger partial charge in [-0.05, 0) is 47.1 Å². The van der Waals surface area contributed by atoms with Gasteiger partial charge in [-0.15, -0.1) is 0 Å². The first-order chi connectivity index (χ1) is 8.67. The largest absolute Gasteiger partial charge is 0.491 e. The minimum Gasteiger partial charge on any atom is -0.491 e. The predicted octanol–water partition coefficient (Wildman–Crippen LogP) is 3.19. The summed E-state index contributed by atoms with van der Waals surface area (Å²) in [5, 5.41) is 9.63. The lowest BCUT2D eigenvalue weighted by Gasteiger charge is -2.20. The van der Waals surface area contributed by atoms with Gasteiger partial charge in [0.2, 0.25) is 0 Å². The second-order valence-corrected chi connectivity index (χ2v) is 5.28. The average molecular weight is 337 g/mol. The highest BCUT2D eigenvalue weighted by Gasteiger charge is 2.05. The molecule has 0 radical (unpaired) electrons. The van der Waals surface area contributed by atoms with E-state index in [-0.39, 0.29) is 6.61 Å². The van der Waals surface area contributed by atoms with E-state index in [1.807, 2.05) is 12.1 Å². The molecule has 0 heterocycles. The zero-order valence-corrected chi connectivity index (χ0v) is 12.9. The highest BCUT2D eigenvalue weighted by molar-refractivity contribution is 9.10. The molecule has 102 valence electrons. The van der Waals surface area contributed by atoms with Gasteiger partial charge < -0.3 is 9.84 Å². The van der Waals surface area contributed by atoms with E-state index in [0.717, 1.165) is 29.7 Å². The van der Waals surface area contributed by atoms with Crippen molar-refractivity contribution in [3.8, 4) is 5.75 Å². The van der Waals surface area contributed by atoms with Gasteiger partial charge in [-0.3, -0.25) is 4.90 Å². The van der Waals surface area contributed by atoms with Gasteiger partial charge in [0.15, 0.2) is 0 Å². The second kappa shape index (κ2) is 8.75. The topological polar surface area (TPSA) is 32.7 Å². The smallest absolute Gasteiger partial charge is 0.133 e. The van der Waals surface area contributed by atoms with Gasteiger partial charge >= 0.3 is 0 Å². The molecule has 0 saturated carbocycles. The van der Waals surface area contributed by atoms with Crippen LogP contribution < -0.4 is 4.74 Å². The molecule has 0 aliphatic rings. The molecule has 0 amide bonds. The summed E-state index contributed by atoms with van der Waals surface area (Å²) in [6.45, 7) is 5.39. The summed E-state index contributed by atoms with van der Waals surface area (Å²) in [4.78, 5) is 2.18. The maximum absolute atomic E-state index is 8.95. The zero-order valence-electron chi connectivity index (χ0n) is 10.5. The Bertz CT molecular complexity index is 357. The number of aliphatic hydroxyl groups is 1. The molecule has 1 N–H and O–H groups in total. The SMILES string of the molecule is CCCN(CCO)CCOc1ccc(Cl)cc1Br. The van der Waals surface area contributed by atoms with Crippen LogP contribution in [0.1, 0.15) is 13.3 Å². The minimum absolute atomic E-state index is 0.185. The van der Waals surface area contributed by atoms with Gasteiger partial charge in [0.05, 0.1) is 11.1 Å². The molecule has 0 saturated heterocycles. The van der Waals surface area contributed by atoms with Crippen LogP contribution in [0.15, 0.2) is 22.7 Å². The Hall–Kier alpha value is -0.290. The van der Waals surface area contributed by atoms with E-state index in [1.54, 1.807) is 6.07 Å². The second-order valence-electron chi connectivity index (χ2n) is 3.99. The number of aliphatic hydroxyl groups excluding tert-OH is 1. The fourth-order valence-electron chi connectivity index (χ4n) is 1.67. The van der Waals surface area contributed by atoms with Crippen LogP contribution >= 0.6 is 27.5 Å². The zero-order chi connectivity index (χ0) is 13.4. The average Bonchev–Trinajstić information content (AvgIpc) is 2.32. The molecule has 1 aromatic rings. The lowest BCUT2D eigenvalue weighted by molar-refractivity contribution is 0.168. The van der Waals surface area contributed by atoms with Crippen LogP contribution in [0.25, 0.3) is 0 Å². The number of rotatable bonds is 8. The van der Waals surface area contributed by atoms with Crippen LogP contribution in [0.2, 0.25) is 5.02 Å². The van der Waals surface area contributed by atoms with Gasteiger partial charge in [-0.25, -0.2) is 0 Å². The Morgan fingerprint density at radius 1 is 1.33 bits per heavy atom. The van der Waals surface area contributed by atoms with Crippen LogP contribution in [-0.2, 0) is 0 Å². The van der Waals surface area contributed by atoms with Crippen molar-refractivity contribution in [2.24, 2.45) is 0 Å². The quantitative estimate of drug-likeness (QED) is 0.791. The molecule has 0 fully saturated rings. The molecule has 5 heteroatoms. The van der Waals surface area contributed by atoms with Crippen LogP contribution in [0.5, 0.6) is 5.75 Å². The molecule has 1 rings (SSSR count). The molecule has 1 aromatic carbocycles. The van der Waals surface area contributed by atoms with Gasteiger partial charge in [0.25, 0.3) is 0 Å². The van der Waals surface area contributed by atoms with Crippen molar-refractivity contribution in [1.82, 2.24) is 4.90 Å². The third-order valence-electron chi connectivity index (χ3n) is 2.52. The summed E-state index contributed by atoms with van der Waals surface area (Å²) in [7, 11) is 0. The van der Waals surface area contributed by atoms with Crippen LogP contribution in [0.3, 0.4) is 0 Å². The Kier molecular flexibility index (Phi) is 7.66. The Morgan fingerprint density at radius 3 is 2.72 bits per heavy atom. The molecule has 0 aliphatic heterocycles. The predicted molar refractivity (Wildman–Crippen MR) is 78.5 cm³/mol. The highest BCUT2D eigenvalue weighted by Crippen LogP contribution is 2.27. The Balaban J connectivity index is 2.39. The van der Waals surface area contributed by atoms with Crippen molar-refractivity contribution in [2.75, 3.05) is 32.8 Å². The first-order valence-electron chi connectivity index (χ1n) is 6.08. The maximum Gasteiger partial charge on any atom is 0.133 e. The van der Waals surface area contributed by atoms with Gasteiger partial charge in [0, 0.05) is 18.1 Å². The minimum atomic E-state index is 0.185. The van der Waals surface area contributed by atoms with Crippen molar-refractivity contribution in [1.29, 1.82) is 0 Å². The van der Waals surface area contributed by atoms with Gasteiger partial charge in [-0.1, -0.05) is 18.5 Å². The standard InChI is InChI=1S/C13H19BrClNO2/c1-2-5-16(6-8-17)7-9-18-13-4-3-11(15)10-12(13)14/h3-4,10,17H,2,5-9H2,1H3. The molecule has 0 bridgehead atoms. The first kappa shape index (κ1) is 15.8. The van der Waals surface area contributed by atoms with E-state index < -0.39 is 0 Å². The third kappa shape index (κ3) is 5.57. The number of benzene rings is 1. The lowest BCUT2D eigenvalue weighted by Crippen LogP contribution is -2.31. The Labute approximate surface area is 122 Å². The molecule has 0 aromatic heterocycles. The van der Waals surface area contributed by atoms with E-state index in [1.165, 1.54) is 0 Å². The molecular weight excluding hydrogens is 318 g/mol. The number of ether oxygens (including phenoxy) is 1. The summed E-state index contributed by atoms with van der Waals surface area (Å²) >= 11 is 9.28. The normalized spacial score (nSPS) is 10.9. The van der Waals surface area contributed by atoms with Crippen LogP contribution in [0, 0.1) is 0 Å². The number of nitrogens with zero attached hydrogens (tertiary/aromatic N) is 1. The van der Waals surface area contributed by atoms with Gasteiger partial charge in [-0.2, -0.15) is 0 Å². The van der Waals surface area contributed by atoms with E-state index in [9.17, 15) is 0 Å². The number of halogens is 2. The van der Waals surface area contributed by atoms with Crippen molar-refractivity contribution >= 4 is 27.5 Å². The third-order valence-corrected chi connectivity index (χ3v) is 3.37. The van der Waals surface area contributed by atoms with E-state index in [2.05, 4.69) is 27.8 Å². The first-order valence-corrected chi connectivity index (χ1v) is 7.25. The van der Waals surface area contributed by atoms with Gasteiger partial charge in [0.1, 0.15) is 12.4 Å². The summed E-state index contributed by atoms with van der Waals surface area (Å²) in [5.41, 5.74) is 0. The fourth-order valence-corrected chi connectivity index (χ4v) is 2.47. The summed E-state index contributed by atoms with van der Waals surface area (Å²) < 4.78 is 6.55. The van der Waals surface area contributed by atoms with E-state index in [4.69, 9.17) is 21.4 Å². The summed E-state index contributed by atoms with van der Waals surface area (Å²) in [6.07, 6.45) is 1.07. The highest BCUT2D eigenvalue weighted by atomic mass is 79.9. The Morgan fingerprint density at radius 2 is 2.11 bits per heavy atom. The molecule has 0 atom stereocenters. The maximum atomic E-state index is 8.95. The van der Waals surface area contributed by atoms with Crippen molar-refractivity contribution in [2.45, 2.75) is 13.3 Å². The molecular formula is C13H19BrClNO2. The van der Waals surface area contributed by atoms with Crippen molar-refractivity contribution in [3.63, 3.8) is 0 Å². The van der Waals surface area contributed by atoms with Crippen molar-refractivity contribution in [3.05, 3.63) is 27.7 Å². The molecule has 0 unspecified atom stereocenters. The van der Waals surface area contributed by atoms with Crippen LogP contribution in [-0.4, -0.2) is 42.9 Å².